The number of ether oxygens (including phenoxy) is 2. The lowest BCUT2D eigenvalue weighted by molar-refractivity contribution is -0.170. The minimum absolute atomic E-state index is 0.189. The first-order valence-corrected chi connectivity index (χ1v) is 11.6. The summed E-state index contributed by atoms with van der Waals surface area (Å²) >= 11 is 0. The zero-order chi connectivity index (χ0) is 21.0. The molecular weight excluding hydrogens is 368 g/mol. The van der Waals surface area contributed by atoms with Gasteiger partial charge >= 0.3 is 5.97 Å². The summed E-state index contributed by atoms with van der Waals surface area (Å²) in [6, 6.07) is 0. The molecular formula is C24H40O5. The molecule has 1 fully saturated rings. The predicted octanol–water partition coefficient (Wildman–Crippen LogP) is 5.23. The van der Waals surface area contributed by atoms with E-state index in [2.05, 4.69) is 19.1 Å². The number of hydrogen-bond donors (Lipinski definition) is 2. The van der Waals surface area contributed by atoms with Crippen LogP contribution >= 0.6 is 0 Å². The second kappa shape index (κ2) is 13.2. The Bertz CT molecular complexity index is 521. The van der Waals surface area contributed by atoms with Crippen LogP contribution in [0.1, 0.15) is 84.0 Å². The number of aliphatic hydroxyl groups excluding tert-OH is 1. The topological polar surface area (TPSA) is 76.0 Å². The van der Waals surface area contributed by atoms with Gasteiger partial charge in [-0.25, -0.2) is 0 Å². The standard InChI is InChI=1S/C24H40O5/c1-2-3-4-7-10-16-24(28-18-19-29-24)17-15-20-13-14-22(25)21(20)11-8-5-6-9-12-23(26)27/h5,8,13-14,20-22,25H,2-4,6-7,9-12,15-19H2,1H3,(H,26,27)/b8-5+. The molecule has 2 aliphatic rings. The third-order valence-electron chi connectivity index (χ3n) is 6.21. The second-order valence-electron chi connectivity index (χ2n) is 8.51. The monoisotopic (exact) mass is 408 g/mol. The average molecular weight is 409 g/mol. The summed E-state index contributed by atoms with van der Waals surface area (Å²) in [5, 5.41) is 19.0. The summed E-state index contributed by atoms with van der Waals surface area (Å²) in [6.45, 7) is 3.59. The zero-order valence-electron chi connectivity index (χ0n) is 18.1. The fraction of sp³-hybridized carbons (Fsp3) is 0.792. The number of carbonyl (C=O) groups is 1. The number of aliphatic hydroxyl groups is 1. The van der Waals surface area contributed by atoms with Crippen molar-refractivity contribution in [3.63, 3.8) is 0 Å². The maximum absolute atomic E-state index is 10.6. The first-order chi connectivity index (χ1) is 14.1. The van der Waals surface area contributed by atoms with Crippen molar-refractivity contribution >= 4 is 5.97 Å². The number of carboxylic acids is 1. The maximum Gasteiger partial charge on any atom is 0.303 e. The molecule has 29 heavy (non-hydrogen) atoms. The summed E-state index contributed by atoms with van der Waals surface area (Å²) in [5.74, 6) is -0.651. The fourth-order valence-corrected chi connectivity index (χ4v) is 4.46. The lowest BCUT2D eigenvalue weighted by Crippen LogP contribution is -2.31. The van der Waals surface area contributed by atoms with Crippen LogP contribution < -0.4 is 0 Å². The molecule has 1 heterocycles. The molecule has 0 bridgehead atoms. The number of aliphatic carboxylic acids is 1. The molecule has 1 aliphatic carbocycles. The molecule has 2 N–H and O–H groups in total. The molecule has 0 aromatic carbocycles. The fourth-order valence-electron chi connectivity index (χ4n) is 4.46. The Morgan fingerprint density at radius 1 is 1.07 bits per heavy atom. The van der Waals surface area contributed by atoms with E-state index in [1.807, 2.05) is 12.2 Å². The van der Waals surface area contributed by atoms with Gasteiger partial charge < -0.3 is 19.7 Å². The minimum Gasteiger partial charge on any atom is -0.481 e. The molecule has 1 saturated heterocycles. The van der Waals surface area contributed by atoms with Crippen molar-refractivity contribution < 1.29 is 24.5 Å². The second-order valence-corrected chi connectivity index (χ2v) is 8.51. The van der Waals surface area contributed by atoms with Crippen LogP contribution in [0.25, 0.3) is 0 Å². The minimum atomic E-state index is -0.746. The maximum atomic E-state index is 10.6. The highest BCUT2D eigenvalue weighted by Crippen LogP contribution is 2.38. The Morgan fingerprint density at radius 3 is 2.55 bits per heavy atom. The molecule has 0 saturated carbocycles. The molecule has 0 aromatic heterocycles. The molecule has 0 spiro atoms. The molecule has 5 heteroatoms. The van der Waals surface area contributed by atoms with Gasteiger partial charge in [-0.15, -0.1) is 0 Å². The summed E-state index contributed by atoms with van der Waals surface area (Å²) in [4.78, 5) is 10.6. The van der Waals surface area contributed by atoms with Gasteiger partial charge in [0, 0.05) is 19.3 Å². The molecule has 166 valence electrons. The number of allylic oxidation sites excluding steroid dienone is 3. The highest BCUT2D eigenvalue weighted by Gasteiger charge is 2.38. The normalized spacial score (nSPS) is 25.9. The van der Waals surface area contributed by atoms with Crippen molar-refractivity contribution in [2.75, 3.05) is 13.2 Å². The van der Waals surface area contributed by atoms with Gasteiger partial charge in [0.2, 0.25) is 0 Å². The molecule has 0 amide bonds. The number of carboxylic acid groups (broad SMARTS) is 1. The van der Waals surface area contributed by atoms with E-state index >= 15 is 0 Å². The molecule has 5 nitrogen and oxygen atoms in total. The van der Waals surface area contributed by atoms with Crippen molar-refractivity contribution in [2.24, 2.45) is 11.8 Å². The molecule has 3 unspecified atom stereocenters. The smallest absolute Gasteiger partial charge is 0.303 e. The Kier molecular flexibility index (Phi) is 11.0. The molecule has 0 aromatic rings. The predicted molar refractivity (Wildman–Crippen MR) is 115 cm³/mol. The quantitative estimate of drug-likeness (QED) is 0.286. The summed E-state index contributed by atoms with van der Waals surface area (Å²) in [6.07, 6.45) is 19.3. The molecule has 3 atom stereocenters. The van der Waals surface area contributed by atoms with Crippen LogP contribution in [0.4, 0.5) is 0 Å². The Labute approximate surface area is 176 Å². The first-order valence-electron chi connectivity index (χ1n) is 11.6. The lowest BCUT2D eigenvalue weighted by atomic mass is 9.85. The van der Waals surface area contributed by atoms with Gasteiger partial charge in [0.05, 0.1) is 19.3 Å². The van der Waals surface area contributed by atoms with E-state index < -0.39 is 17.9 Å². The number of unbranched alkanes of at least 4 members (excludes halogenated alkanes) is 5. The highest BCUT2D eigenvalue weighted by molar-refractivity contribution is 5.66. The van der Waals surface area contributed by atoms with Crippen LogP contribution in [0.15, 0.2) is 24.3 Å². The van der Waals surface area contributed by atoms with Crippen LogP contribution in [0.2, 0.25) is 0 Å². The van der Waals surface area contributed by atoms with Gasteiger partial charge in [0.15, 0.2) is 5.79 Å². The van der Waals surface area contributed by atoms with E-state index in [1.54, 1.807) is 0 Å². The third kappa shape index (κ3) is 8.61. The van der Waals surface area contributed by atoms with Crippen LogP contribution in [-0.2, 0) is 14.3 Å². The van der Waals surface area contributed by atoms with Crippen LogP contribution in [0.5, 0.6) is 0 Å². The SMILES string of the molecule is CCCCCCCC1(CCC2C=CC(O)C2C/C=C/CCCC(=O)O)OCCO1. The summed E-state index contributed by atoms with van der Waals surface area (Å²) < 4.78 is 12.1. The molecule has 1 aliphatic heterocycles. The van der Waals surface area contributed by atoms with Gasteiger partial charge in [0.25, 0.3) is 0 Å². The van der Waals surface area contributed by atoms with Crippen molar-refractivity contribution in [3.8, 4) is 0 Å². The molecule has 0 radical (unpaired) electrons. The Balaban J connectivity index is 1.76. The summed E-state index contributed by atoms with van der Waals surface area (Å²) in [7, 11) is 0. The Hall–Kier alpha value is -1.17. The third-order valence-corrected chi connectivity index (χ3v) is 6.21. The van der Waals surface area contributed by atoms with Gasteiger partial charge in [0.1, 0.15) is 0 Å². The average Bonchev–Trinajstić information content (AvgIpc) is 3.30. The van der Waals surface area contributed by atoms with E-state index in [1.165, 1.54) is 25.7 Å². The zero-order valence-corrected chi connectivity index (χ0v) is 18.1. The first kappa shape index (κ1) is 24.1. The van der Waals surface area contributed by atoms with Crippen molar-refractivity contribution in [3.05, 3.63) is 24.3 Å². The van der Waals surface area contributed by atoms with Gasteiger partial charge in [-0.05, 0) is 43.9 Å². The largest absolute Gasteiger partial charge is 0.481 e. The molecule has 2 rings (SSSR count). The van der Waals surface area contributed by atoms with Gasteiger partial charge in [-0.2, -0.15) is 0 Å². The van der Waals surface area contributed by atoms with Crippen LogP contribution in [0.3, 0.4) is 0 Å². The van der Waals surface area contributed by atoms with Crippen molar-refractivity contribution in [1.29, 1.82) is 0 Å². The summed E-state index contributed by atoms with van der Waals surface area (Å²) in [5.41, 5.74) is 0. The lowest BCUT2D eigenvalue weighted by Gasteiger charge is -2.30. The van der Waals surface area contributed by atoms with Crippen LogP contribution in [0, 0.1) is 11.8 Å². The Morgan fingerprint density at radius 2 is 1.83 bits per heavy atom. The van der Waals surface area contributed by atoms with Crippen LogP contribution in [-0.4, -0.2) is 41.3 Å². The van der Waals surface area contributed by atoms with E-state index in [-0.39, 0.29) is 12.3 Å². The van der Waals surface area contributed by atoms with Crippen molar-refractivity contribution in [1.82, 2.24) is 0 Å². The van der Waals surface area contributed by atoms with E-state index in [4.69, 9.17) is 14.6 Å². The number of hydrogen-bond acceptors (Lipinski definition) is 4. The van der Waals surface area contributed by atoms with E-state index in [0.29, 0.717) is 25.6 Å². The highest BCUT2D eigenvalue weighted by atomic mass is 16.7. The van der Waals surface area contributed by atoms with E-state index in [9.17, 15) is 9.90 Å². The van der Waals surface area contributed by atoms with Gasteiger partial charge in [-0.3, -0.25) is 4.79 Å². The van der Waals surface area contributed by atoms with E-state index in [0.717, 1.165) is 38.5 Å². The number of rotatable bonds is 15. The van der Waals surface area contributed by atoms with Crippen molar-refractivity contribution in [2.45, 2.75) is 95.9 Å². The van der Waals surface area contributed by atoms with Gasteiger partial charge in [-0.1, -0.05) is 56.9 Å².